The van der Waals surface area contributed by atoms with Gasteiger partial charge >= 0.3 is 5.97 Å². The number of carbonyl (C=O) groups excluding carboxylic acids is 1. The second-order valence-electron chi connectivity index (χ2n) is 6.25. The lowest BCUT2D eigenvalue weighted by atomic mass is 9.81. The Labute approximate surface area is 137 Å². The van der Waals surface area contributed by atoms with Gasteiger partial charge in [0.15, 0.2) is 0 Å². The van der Waals surface area contributed by atoms with Crippen molar-refractivity contribution in [1.82, 2.24) is 0 Å². The molecular weight excluding hydrogens is 296 g/mol. The molecule has 2 atom stereocenters. The molecular formula is C18H26O5. The van der Waals surface area contributed by atoms with Gasteiger partial charge in [-0.3, -0.25) is 5.26 Å². The molecule has 0 heterocycles. The molecule has 0 aliphatic rings. The Bertz CT molecular complexity index is 507. The second-order valence-corrected chi connectivity index (χ2v) is 6.25. The third kappa shape index (κ3) is 5.78. The van der Waals surface area contributed by atoms with Crippen LogP contribution in [0.15, 0.2) is 30.8 Å². The number of hydrogen-bond donors (Lipinski definition) is 2. The van der Waals surface area contributed by atoms with Crippen LogP contribution >= 0.6 is 0 Å². The van der Waals surface area contributed by atoms with Gasteiger partial charge in [-0.25, -0.2) is 9.68 Å². The summed E-state index contributed by atoms with van der Waals surface area (Å²) >= 11 is 0. The summed E-state index contributed by atoms with van der Waals surface area (Å²) in [6, 6.07) is 6.82. The summed E-state index contributed by atoms with van der Waals surface area (Å²) in [5, 5.41) is 19.0. The van der Waals surface area contributed by atoms with Crippen molar-refractivity contribution in [2.24, 2.45) is 5.41 Å². The molecule has 23 heavy (non-hydrogen) atoms. The van der Waals surface area contributed by atoms with Crippen molar-refractivity contribution in [3.05, 3.63) is 42.0 Å². The van der Waals surface area contributed by atoms with Gasteiger partial charge in [0.1, 0.15) is 12.7 Å². The van der Waals surface area contributed by atoms with Gasteiger partial charge in [0.2, 0.25) is 0 Å². The van der Waals surface area contributed by atoms with Gasteiger partial charge in [-0.15, -0.1) is 0 Å². The van der Waals surface area contributed by atoms with E-state index in [4.69, 9.17) is 9.99 Å². The predicted molar refractivity (Wildman–Crippen MR) is 89.0 cm³/mol. The first-order valence-electron chi connectivity index (χ1n) is 7.72. The topological polar surface area (TPSA) is 76.0 Å². The van der Waals surface area contributed by atoms with Gasteiger partial charge in [0.05, 0.1) is 11.7 Å². The van der Waals surface area contributed by atoms with Gasteiger partial charge in [0.25, 0.3) is 0 Å². The van der Waals surface area contributed by atoms with Crippen molar-refractivity contribution in [2.75, 3.05) is 6.61 Å². The van der Waals surface area contributed by atoms with E-state index in [1.165, 1.54) is 0 Å². The van der Waals surface area contributed by atoms with Crippen molar-refractivity contribution < 1.29 is 24.8 Å². The van der Waals surface area contributed by atoms with E-state index < -0.39 is 18.2 Å². The molecule has 0 spiro atoms. The van der Waals surface area contributed by atoms with Crippen LogP contribution in [0.1, 0.15) is 49.5 Å². The van der Waals surface area contributed by atoms with E-state index in [1.807, 2.05) is 20.8 Å². The molecule has 0 aliphatic carbocycles. The molecule has 0 fully saturated rings. The average Bonchev–Trinajstić information content (AvgIpc) is 2.57. The van der Waals surface area contributed by atoms with E-state index >= 15 is 0 Å². The quantitative estimate of drug-likeness (QED) is 0.413. The summed E-state index contributed by atoms with van der Waals surface area (Å²) in [6.45, 7) is 9.35. The van der Waals surface area contributed by atoms with Crippen molar-refractivity contribution in [1.29, 1.82) is 0 Å². The molecule has 1 rings (SSSR count). The predicted octanol–water partition coefficient (Wildman–Crippen LogP) is 3.53. The Morgan fingerprint density at radius 1 is 1.35 bits per heavy atom. The number of rotatable bonds is 9. The van der Waals surface area contributed by atoms with Crippen molar-refractivity contribution in [2.45, 2.75) is 45.8 Å². The minimum absolute atomic E-state index is 0.151. The number of esters is 1. The molecule has 0 aliphatic heterocycles. The fraction of sp³-hybridized carbons (Fsp3) is 0.500. The van der Waals surface area contributed by atoms with E-state index in [-0.39, 0.29) is 18.4 Å². The molecule has 0 radical (unpaired) electrons. The standard InChI is InChI=1S/C18H26O5/c1-5-13-7-9-14(10-8-13)17(20)22-12-15(19)11-16(23-21)18(3,4)6-2/h5,7-10,15-16,19,21H,1,6,11-12H2,2-4H3. The van der Waals surface area contributed by atoms with Gasteiger partial charge < -0.3 is 9.84 Å². The molecule has 5 heteroatoms. The van der Waals surface area contributed by atoms with Crippen molar-refractivity contribution in [3.63, 3.8) is 0 Å². The first-order chi connectivity index (χ1) is 10.8. The smallest absolute Gasteiger partial charge is 0.338 e. The van der Waals surface area contributed by atoms with Crippen LogP contribution in [-0.2, 0) is 9.62 Å². The van der Waals surface area contributed by atoms with Crippen LogP contribution in [0.25, 0.3) is 6.08 Å². The Morgan fingerprint density at radius 2 is 1.96 bits per heavy atom. The Hall–Kier alpha value is -1.69. The maximum absolute atomic E-state index is 11.9. The molecule has 1 aromatic rings. The number of carbonyl (C=O) groups is 1. The highest BCUT2D eigenvalue weighted by Crippen LogP contribution is 2.29. The molecule has 0 bridgehead atoms. The summed E-state index contributed by atoms with van der Waals surface area (Å²) in [6.07, 6.45) is 1.20. The van der Waals surface area contributed by atoms with Gasteiger partial charge in [-0.2, -0.15) is 0 Å². The maximum Gasteiger partial charge on any atom is 0.338 e. The van der Waals surface area contributed by atoms with Crippen LogP contribution in [-0.4, -0.2) is 35.1 Å². The monoisotopic (exact) mass is 322 g/mol. The van der Waals surface area contributed by atoms with Gasteiger partial charge in [-0.1, -0.05) is 45.6 Å². The normalized spacial score (nSPS) is 14.1. The van der Waals surface area contributed by atoms with Crippen LogP contribution in [0, 0.1) is 5.41 Å². The van der Waals surface area contributed by atoms with E-state index in [0.29, 0.717) is 5.56 Å². The fourth-order valence-electron chi connectivity index (χ4n) is 2.06. The highest BCUT2D eigenvalue weighted by atomic mass is 17.1. The van der Waals surface area contributed by atoms with E-state index in [1.54, 1.807) is 30.3 Å². The number of benzene rings is 1. The number of aliphatic hydroxyl groups excluding tert-OH is 1. The van der Waals surface area contributed by atoms with Crippen LogP contribution in [0.4, 0.5) is 0 Å². The molecule has 2 unspecified atom stereocenters. The van der Waals surface area contributed by atoms with Crippen LogP contribution in [0.3, 0.4) is 0 Å². The highest BCUT2D eigenvalue weighted by Gasteiger charge is 2.31. The summed E-state index contributed by atoms with van der Waals surface area (Å²) in [5.74, 6) is -0.504. The number of hydrogen-bond acceptors (Lipinski definition) is 5. The Morgan fingerprint density at radius 3 is 2.43 bits per heavy atom. The van der Waals surface area contributed by atoms with Crippen LogP contribution in [0.2, 0.25) is 0 Å². The van der Waals surface area contributed by atoms with Gasteiger partial charge in [-0.05, 0) is 29.5 Å². The third-order valence-corrected chi connectivity index (χ3v) is 4.19. The molecule has 128 valence electrons. The van der Waals surface area contributed by atoms with Gasteiger partial charge in [0, 0.05) is 6.42 Å². The van der Waals surface area contributed by atoms with E-state index in [2.05, 4.69) is 11.5 Å². The second kappa shape index (κ2) is 8.82. The summed E-state index contributed by atoms with van der Waals surface area (Å²) in [5.41, 5.74) is 1.03. The lowest BCUT2D eigenvalue weighted by Crippen LogP contribution is -2.35. The zero-order valence-electron chi connectivity index (χ0n) is 14.0. The van der Waals surface area contributed by atoms with Crippen LogP contribution < -0.4 is 0 Å². The Balaban J connectivity index is 2.52. The maximum atomic E-state index is 11.9. The molecule has 0 amide bonds. The first kappa shape index (κ1) is 19.4. The molecule has 0 saturated heterocycles. The first-order valence-corrected chi connectivity index (χ1v) is 7.72. The molecule has 2 N–H and O–H groups in total. The molecule has 1 aromatic carbocycles. The summed E-state index contributed by atoms with van der Waals surface area (Å²) in [7, 11) is 0. The molecule has 0 aromatic heterocycles. The lowest BCUT2D eigenvalue weighted by molar-refractivity contribution is -0.306. The highest BCUT2D eigenvalue weighted by molar-refractivity contribution is 5.89. The number of aliphatic hydroxyl groups is 1. The zero-order valence-corrected chi connectivity index (χ0v) is 14.0. The summed E-state index contributed by atoms with van der Waals surface area (Å²) in [4.78, 5) is 16.4. The Kier molecular flexibility index (Phi) is 7.42. The van der Waals surface area contributed by atoms with Crippen LogP contribution in [0.5, 0.6) is 0 Å². The molecule has 5 nitrogen and oxygen atoms in total. The SMILES string of the molecule is C=Cc1ccc(C(=O)OCC(O)CC(OO)C(C)(C)CC)cc1. The van der Waals surface area contributed by atoms with Crippen molar-refractivity contribution >= 4 is 12.0 Å². The summed E-state index contributed by atoms with van der Waals surface area (Å²) < 4.78 is 5.10. The third-order valence-electron chi connectivity index (χ3n) is 4.19. The minimum atomic E-state index is -0.908. The minimum Gasteiger partial charge on any atom is -0.459 e. The largest absolute Gasteiger partial charge is 0.459 e. The van der Waals surface area contributed by atoms with E-state index in [9.17, 15) is 9.90 Å². The van der Waals surface area contributed by atoms with Crippen molar-refractivity contribution in [3.8, 4) is 0 Å². The lowest BCUT2D eigenvalue weighted by Gasteiger charge is -2.31. The average molecular weight is 322 g/mol. The number of ether oxygens (including phenoxy) is 1. The van der Waals surface area contributed by atoms with E-state index in [0.717, 1.165) is 12.0 Å². The zero-order chi connectivity index (χ0) is 17.5. The fourth-order valence-corrected chi connectivity index (χ4v) is 2.06. The molecule has 0 saturated carbocycles.